The van der Waals surface area contributed by atoms with E-state index in [0.29, 0.717) is 23.3 Å². The highest BCUT2D eigenvalue weighted by molar-refractivity contribution is 6.42. The van der Waals surface area contributed by atoms with E-state index in [9.17, 15) is 29.3 Å². The second kappa shape index (κ2) is 10.6. The van der Waals surface area contributed by atoms with Gasteiger partial charge in [0.25, 0.3) is 23.4 Å². The molecule has 4 aliphatic carbocycles. The first-order valence-electron chi connectivity index (χ1n) is 14.0. The Morgan fingerprint density at radius 2 is 1.39 bits per heavy atom. The normalized spacial score (nSPS) is 25.8. The number of ketones is 1. The number of halogens is 2. The zero-order chi connectivity index (χ0) is 30.9. The number of allylic oxidation sites excluding steroid dienone is 2. The van der Waals surface area contributed by atoms with Crippen molar-refractivity contribution in [3.63, 3.8) is 0 Å². The van der Waals surface area contributed by atoms with Gasteiger partial charge in [0.15, 0.2) is 5.78 Å². The van der Waals surface area contributed by atoms with Crippen LogP contribution in [-0.4, -0.2) is 45.0 Å². The second-order valence-electron chi connectivity index (χ2n) is 11.4. The lowest BCUT2D eigenvalue weighted by molar-refractivity contribution is -0.384. The fraction of sp³-hybridized carbons (Fsp3) is 0.250. The lowest BCUT2D eigenvalue weighted by Gasteiger charge is -2.37. The number of benzene rings is 3. The number of hydrogen-bond acceptors (Lipinski definition) is 7. The number of nitrogens with zero attached hydrogens (tertiary/aromatic N) is 3. The van der Waals surface area contributed by atoms with Gasteiger partial charge in [-0.05, 0) is 84.7 Å². The summed E-state index contributed by atoms with van der Waals surface area (Å²) in [7, 11) is 0. The van der Waals surface area contributed by atoms with Crippen molar-refractivity contribution >= 4 is 52.4 Å². The molecular formula is C32H23Cl2N3O7. The molecule has 1 saturated heterocycles. The summed E-state index contributed by atoms with van der Waals surface area (Å²) >= 11 is 12.2. The van der Waals surface area contributed by atoms with Crippen molar-refractivity contribution in [1.82, 2.24) is 10.0 Å². The maximum Gasteiger partial charge on any atom is 0.273 e. The summed E-state index contributed by atoms with van der Waals surface area (Å²) in [4.78, 5) is 65.5. The fourth-order valence-electron chi connectivity index (χ4n) is 6.90. The van der Waals surface area contributed by atoms with E-state index in [-0.39, 0.29) is 38.7 Å². The van der Waals surface area contributed by atoms with Crippen LogP contribution in [0.2, 0.25) is 10.0 Å². The molecule has 0 N–H and O–H groups in total. The SMILES string of the molecule is O=C(CN(C(=O)c1ccc(Cl)c(Cl)c1)N1C(=O)[C@@H]2[C@H]3C=C[C@@H]([C@@H]4C[C@H]34)[C@H]2C1=O)c1ccc(Oc2ccc([N+](=O)[O-])cc2)cc1. The Morgan fingerprint density at radius 1 is 0.841 bits per heavy atom. The molecule has 1 heterocycles. The maximum absolute atomic E-state index is 13.9. The van der Waals surface area contributed by atoms with E-state index in [1.807, 2.05) is 12.2 Å². The van der Waals surface area contributed by atoms with Crippen LogP contribution in [-0.2, 0) is 9.59 Å². The van der Waals surface area contributed by atoms with Crippen LogP contribution >= 0.6 is 23.2 Å². The lowest BCUT2D eigenvalue weighted by atomic mass is 9.63. The summed E-state index contributed by atoms with van der Waals surface area (Å²) in [5, 5.41) is 13.0. The summed E-state index contributed by atoms with van der Waals surface area (Å²) in [5.41, 5.74) is 0.208. The Bertz CT molecular complexity index is 1740. The summed E-state index contributed by atoms with van der Waals surface area (Å²) in [5.74, 6) is -1.96. The van der Waals surface area contributed by atoms with E-state index in [1.165, 1.54) is 66.7 Å². The molecule has 44 heavy (non-hydrogen) atoms. The van der Waals surface area contributed by atoms with Crippen molar-refractivity contribution in [2.24, 2.45) is 35.5 Å². The number of rotatable bonds is 8. The first kappa shape index (κ1) is 28.2. The molecule has 3 fully saturated rings. The Labute approximate surface area is 260 Å². The number of amides is 3. The minimum Gasteiger partial charge on any atom is -0.457 e. The molecule has 0 radical (unpaired) electrons. The standard InChI is InChI=1S/C32H23Cl2N3O7/c33-25-12-3-17(13-26(25)34)30(39)35(36-31(40)28-21-10-11-22(24-14-23(21)24)29(28)32(36)41)15-27(38)16-1-6-19(7-2-16)44-20-8-4-18(5-9-20)37(42)43/h1-13,21-24,28-29H,14-15H2/t21-,22-,23-,24+,28+,29+/m0/s1. The predicted molar refractivity (Wildman–Crippen MR) is 158 cm³/mol. The van der Waals surface area contributed by atoms with Crippen molar-refractivity contribution < 1.29 is 28.8 Å². The largest absolute Gasteiger partial charge is 0.457 e. The topological polar surface area (TPSA) is 127 Å². The Kier molecular flexibility index (Phi) is 6.78. The molecule has 6 atom stereocenters. The molecule has 3 aromatic rings. The minimum atomic E-state index is -0.735. The smallest absolute Gasteiger partial charge is 0.273 e. The summed E-state index contributed by atoms with van der Waals surface area (Å²) in [6, 6.07) is 15.8. The third-order valence-corrected chi connectivity index (χ3v) is 9.77. The van der Waals surface area contributed by atoms with E-state index in [4.69, 9.17) is 27.9 Å². The molecule has 2 saturated carbocycles. The van der Waals surface area contributed by atoms with Gasteiger partial charge in [0, 0.05) is 23.3 Å². The van der Waals surface area contributed by atoms with Crippen LogP contribution in [0.25, 0.3) is 0 Å². The van der Waals surface area contributed by atoms with E-state index in [2.05, 4.69) is 0 Å². The van der Waals surface area contributed by atoms with Crippen molar-refractivity contribution in [2.45, 2.75) is 6.42 Å². The predicted octanol–water partition coefficient (Wildman–Crippen LogP) is 5.99. The van der Waals surface area contributed by atoms with Crippen LogP contribution in [0.3, 0.4) is 0 Å². The lowest BCUT2D eigenvalue weighted by Crippen LogP contribution is -2.52. The fourth-order valence-corrected chi connectivity index (χ4v) is 7.20. The molecule has 0 aromatic heterocycles. The van der Waals surface area contributed by atoms with Gasteiger partial charge in [-0.2, -0.15) is 5.01 Å². The van der Waals surface area contributed by atoms with Gasteiger partial charge >= 0.3 is 0 Å². The highest BCUT2D eigenvalue weighted by Gasteiger charge is 2.68. The van der Waals surface area contributed by atoms with Gasteiger partial charge in [-0.1, -0.05) is 35.4 Å². The number of nitro benzene ring substituents is 1. The van der Waals surface area contributed by atoms with Gasteiger partial charge < -0.3 is 4.74 Å². The average molecular weight is 632 g/mol. The van der Waals surface area contributed by atoms with E-state index in [1.54, 1.807) is 0 Å². The number of nitro groups is 1. The highest BCUT2D eigenvalue weighted by atomic mass is 35.5. The molecule has 3 aromatic carbocycles. The van der Waals surface area contributed by atoms with Crippen molar-refractivity contribution in [2.75, 3.05) is 6.54 Å². The number of Topliss-reactive ketones (excluding diaryl/α,β-unsaturated/α-hetero) is 1. The molecule has 222 valence electrons. The Morgan fingerprint density at radius 3 is 1.93 bits per heavy atom. The monoisotopic (exact) mass is 631 g/mol. The van der Waals surface area contributed by atoms with Gasteiger partial charge in [-0.25, -0.2) is 5.01 Å². The zero-order valence-corrected chi connectivity index (χ0v) is 24.4. The number of ether oxygens (including phenoxy) is 1. The molecule has 12 heteroatoms. The quantitative estimate of drug-likeness (QED) is 0.0982. The molecule has 3 amide bonds. The van der Waals surface area contributed by atoms with E-state index in [0.717, 1.165) is 16.4 Å². The van der Waals surface area contributed by atoms with Crippen LogP contribution in [0, 0.1) is 45.6 Å². The summed E-state index contributed by atoms with van der Waals surface area (Å²) in [6.45, 7) is -0.575. The maximum atomic E-state index is 13.9. The van der Waals surface area contributed by atoms with Crippen LogP contribution in [0.15, 0.2) is 78.9 Å². The van der Waals surface area contributed by atoms with E-state index < -0.39 is 46.8 Å². The Hall–Kier alpha value is -4.54. The van der Waals surface area contributed by atoms with Crippen LogP contribution < -0.4 is 4.74 Å². The van der Waals surface area contributed by atoms with Crippen LogP contribution in [0.4, 0.5) is 5.69 Å². The first-order chi connectivity index (χ1) is 21.1. The molecule has 8 rings (SSSR count). The number of carbonyl (C=O) groups excluding carboxylic acids is 4. The van der Waals surface area contributed by atoms with Gasteiger partial charge in [-0.15, -0.1) is 0 Å². The summed E-state index contributed by atoms with van der Waals surface area (Å²) < 4.78 is 5.72. The first-order valence-corrected chi connectivity index (χ1v) is 14.8. The number of hydrogen-bond donors (Lipinski definition) is 0. The number of carbonyl (C=O) groups is 4. The van der Waals surface area contributed by atoms with Crippen LogP contribution in [0.5, 0.6) is 11.5 Å². The molecule has 1 aliphatic heterocycles. The van der Waals surface area contributed by atoms with Gasteiger partial charge in [0.05, 0.1) is 26.8 Å². The molecule has 2 bridgehead atoms. The highest BCUT2D eigenvalue weighted by Crippen LogP contribution is 2.65. The third kappa shape index (κ3) is 4.65. The average Bonchev–Trinajstić information content (AvgIpc) is 3.80. The molecule has 0 unspecified atom stereocenters. The van der Waals surface area contributed by atoms with E-state index >= 15 is 0 Å². The summed E-state index contributed by atoms with van der Waals surface area (Å²) in [6.07, 6.45) is 5.06. The van der Waals surface area contributed by atoms with Crippen molar-refractivity contribution in [1.29, 1.82) is 0 Å². The van der Waals surface area contributed by atoms with Gasteiger partial charge in [-0.3, -0.25) is 29.3 Å². The second-order valence-corrected chi connectivity index (χ2v) is 12.2. The third-order valence-electron chi connectivity index (χ3n) is 9.03. The van der Waals surface area contributed by atoms with Crippen LogP contribution in [0.1, 0.15) is 27.1 Å². The number of imide groups is 1. The molecule has 5 aliphatic rings. The van der Waals surface area contributed by atoms with Crippen molar-refractivity contribution in [3.8, 4) is 11.5 Å². The molecular weight excluding hydrogens is 609 g/mol. The van der Waals surface area contributed by atoms with Crippen molar-refractivity contribution in [3.05, 3.63) is 110 Å². The molecule has 0 spiro atoms. The Balaban J connectivity index is 1.15. The molecule has 10 nitrogen and oxygen atoms in total. The number of hydrazine groups is 1. The van der Waals surface area contributed by atoms with Gasteiger partial charge in [0.2, 0.25) is 0 Å². The number of non-ortho nitro benzene ring substituents is 1. The zero-order valence-electron chi connectivity index (χ0n) is 22.8. The minimum absolute atomic E-state index is 0.0580. The van der Waals surface area contributed by atoms with Gasteiger partial charge in [0.1, 0.15) is 18.0 Å².